The Labute approximate surface area is 172 Å². The maximum atomic E-state index is 11.4. The molecular weight excluding hydrogens is 372 g/mol. The Morgan fingerprint density at radius 3 is 2.52 bits per heavy atom. The number of carbonyl (C=O) groups excluding carboxylic acids is 2. The van der Waals surface area contributed by atoms with Gasteiger partial charge >= 0.3 is 11.9 Å². The molecule has 4 aliphatic carbocycles. The number of carbonyl (C=O) groups is 2. The van der Waals surface area contributed by atoms with Gasteiger partial charge in [-0.25, -0.2) is 0 Å². The van der Waals surface area contributed by atoms with Gasteiger partial charge in [0.05, 0.1) is 6.10 Å². The van der Waals surface area contributed by atoms with E-state index in [0.717, 1.165) is 37.7 Å². The van der Waals surface area contributed by atoms with E-state index in [-0.39, 0.29) is 41.9 Å². The van der Waals surface area contributed by atoms with Gasteiger partial charge in [0.2, 0.25) is 0 Å². The highest BCUT2D eigenvalue weighted by Gasteiger charge is 2.68. The van der Waals surface area contributed by atoms with Gasteiger partial charge in [-0.2, -0.15) is 0 Å². The van der Waals surface area contributed by atoms with E-state index in [2.05, 4.69) is 6.92 Å². The van der Waals surface area contributed by atoms with Gasteiger partial charge in [-0.3, -0.25) is 9.59 Å². The molecule has 162 valence electrons. The first-order chi connectivity index (χ1) is 13.6. The molecule has 1 spiro atoms. The van der Waals surface area contributed by atoms with Crippen LogP contribution in [0.4, 0.5) is 0 Å². The minimum Gasteiger partial charge on any atom is -0.463 e. The molecule has 29 heavy (non-hydrogen) atoms. The smallest absolute Gasteiger partial charge is 0.302 e. The SMILES string of the molecule is CC(=O)OCC1=C[C@H](O)C[C@@]2(C)[C@H]1CC[C@H]1C[C@@H]3C[C@@]12CC[C@]3(O)COC(C)=O. The fourth-order valence-corrected chi connectivity index (χ4v) is 7.58. The van der Waals surface area contributed by atoms with Gasteiger partial charge in [-0.1, -0.05) is 13.0 Å². The third-order valence-electron chi connectivity index (χ3n) is 8.89. The molecule has 0 aromatic carbocycles. The van der Waals surface area contributed by atoms with Gasteiger partial charge < -0.3 is 19.7 Å². The van der Waals surface area contributed by atoms with Crippen LogP contribution in [0.15, 0.2) is 11.6 Å². The molecule has 7 atom stereocenters. The van der Waals surface area contributed by atoms with E-state index in [0.29, 0.717) is 24.7 Å². The summed E-state index contributed by atoms with van der Waals surface area (Å²) in [6.07, 6.45) is 7.58. The second kappa shape index (κ2) is 7.09. The number of aliphatic hydroxyl groups is 2. The molecule has 3 fully saturated rings. The van der Waals surface area contributed by atoms with Crippen molar-refractivity contribution in [1.29, 1.82) is 0 Å². The molecule has 6 nitrogen and oxygen atoms in total. The highest BCUT2D eigenvalue weighted by atomic mass is 16.5. The van der Waals surface area contributed by atoms with E-state index < -0.39 is 11.7 Å². The molecule has 4 aliphatic rings. The molecule has 3 saturated carbocycles. The topological polar surface area (TPSA) is 93.1 Å². The zero-order chi connectivity index (χ0) is 21.0. The number of rotatable bonds is 4. The largest absolute Gasteiger partial charge is 0.463 e. The normalized spacial score (nSPS) is 45.6. The standard InChI is InChI=1S/C23H34O6/c1-14(24)28-12-16-8-19(26)11-21(3)20(16)5-4-17-9-18-10-22(17,21)6-7-23(18,27)13-29-15(2)25/h8,17-20,26-27H,4-7,9-13H2,1-3H3/t17-,18+,19-,20-,21-,22-,23-/m0/s1. The lowest BCUT2D eigenvalue weighted by molar-refractivity contribution is -0.167. The van der Waals surface area contributed by atoms with Crippen molar-refractivity contribution in [2.24, 2.45) is 28.6 Å². The first kappa shape index (κ1) is 20.9. The number of hydrogen-bond donors (Lipinski definition) is 2. The first-order valence-electron chi connectivity index (χ1n) is 11.0. The summed E-state index contributed by atoms with van der Waals surface area (Å²) >= 11 is 0. The van der Waals surface area contributed by atoms with E-state index in [4.69, 9.17) is 9.47 Å². The Kier molecular flexibility index (Phi) is 5.10. The van der Waals surface area contributed by atoms with Crippen molar-refractivity contribution in [2.45, 2.75) is 77.4 Å². The second-order valence-electron chi connectivity index (χ2n) is 10.2. The summed E-state index contributed by atoms with van der Waals surface area (Å²) in [7, 11) is 0. The second-order valence-corrected chi connectivity index (χ2v) is 10.2. The zero-order valence-electron chi connectivity index (χ0n) is 17.8. The van der Waals surface area contributed by atoms with Gasteiger partial charge in [0.1, 0.15) is 18.8 Å². The van der Waals surface area contributed by atoms with Crippen molar-refractivity contribution in [3.63, 3.8) is 0 Å². The quantitative estimate of drug-likeness (QED) is 0.551. The maximum absolute atomic E-state index is 11.4. The van der Waals surface area contributed by atoms with Gasteiger partial charge in [0.15, 0.2) is 0 Å². The molecule has 0 unspecified atom stereocenters. The van der Waals surface area contributed by atoms with Crippen LogP contribution in [0.3, 0.4) is 0 Å². The Bertz CT molecular complexity index is 731. The highest BCUT2D eigenvalue weighted by molar-refractivity contribution is 5.66. The maximum Gasteiger partial charge on any atom is 0.302 e. The highest BCUT2D eigenvalue weighted by Crippen LogP contribution is 2.73. The third kappa shape index (κ3) is 3.23. The summed E-state index contributed by atoms with van der Waals surface area (Å²) < 4.78 is 10.5. The van der Waals surface area contributed by atoms with E-state index in [1.807, 2.05) is 6.08 Å². The minimum atomic E-state index is -0.941. The van der Waals surface area contributed by atoms with Gasteiger partial charge in [0, 0.05) is 13.8 Å². The van der Waals surface area contributed by atoms with Crippen LogP contribution in [0.5, 0.6) is 0 Å². The van der Waals surface area contributed by atoms with Crippen LogP contribution in [0.2, 0.25) is 0 Å². The Balaban J connectivity index is 1.61. The van der Waals surface area contributed by atoms with Crippen molar-refractivity contribution in [3.8, 4) is 0 Å². The fourth-order valence-electron chi connectivity index (χ4n) is 7.58. The molecule has 0 heterocycles. The first-order valence-corrected chi connectivity index (χ1v) is 11.0. The van der Waals surface area contributed by atoms with Crippen LogP contribution in [-0.4, -0.2) is 47.1 Å². The predicted octanol–water partition coefficient (Wildman–Crippen LogP) is 2.76. The number of ether oxygens (including phenoxy) is 2. The van der Waals surface area contributed by atoms with Crippen LogP contribution in [0, 0.1) is 28.6 Å². The van der Waals surface area contributed by atoms with Gasteiger partial charge in [0.25, 0.3) is 0 Å². The summed E-state index contributed by atoms with van der Waals surface area (Å²) in [4.78, 5) is 22.7. The van der Waals surface area contributed by atoms with E-state index >= 15 is 0 Å². The molecule has 0 saturated heterocycles. The number of aliphatic hydroxyl groups excluding tert-OH is 1. The zero-order valence-corrected chi connectivity index (χ0v) is 17.8. The molecule has 0 aromatic rings. The van der Waals surface area contributed by atoms with Crippen LogP contribution in [0.1, 0.15) is 65.7 Å². The molecule has 0 aliphatic heterocycles. The fraction of sp³-hybridized carbons (Fsp3) is 0.826. The lowest BCUT2D eigenvalue weighted by Gasteiger charge is -2.62. The average molecular weight is 407 g/mol. The summed E-state index contributed by atoms with van der Waals surface area (Å²) in [6, 6.07) is 0. The Hall–Kier alpha value is -1.40. The monoisotopic (exact) mass is 406 g/mol. The third-order valence-corrected chi connectivity index (χ3v) is 8.89. The molecule has 2 bridgehead atoms. The number of hydrogen-bond acceptors (Lipinski definition) is 6. The summed E-state index contributed by atoms with van der Waals surface area (Å²) in [5, 5.41) is 22.0. The summed E-state index contributed by atoms with van der Waals surface area (Å²) in [6.45, 7) is 5.45. The number of esters is 2. The summed E-state index contributed by atoms with van der Waals surface area (Å²) in [5.41, 5.74) is 0.0964. The van der Waals surface area contributed by atoms with Crippen molar-refractivity contribution < 1.29 is 29.3 Å². The van der Waals surface area contributed by atoms with Crippen molar-refractivity contribution >= 4 is 11.9 Å². The Morgan fingerprint density at radius 1 is 1.10 bits per heavy atom. The lowest BCUT2D eigenvalue weighted by Crippen LogP contribution is -2.57. The van der Waals surface area contributed by atoms with E-state index in [1.165, 1.54) is 13.8 Å². The van der Waals surface area contributed by atoms with Crippen molar-refractivity contribution in [1.82, 2.24) is 0 Å². The Morgan fingerprint density at radius 2 is 1.83 bits per heavy atom. The van der Waals surface area contributed by atoms with Gasteiger partial charge in [-0.15, -0.1) is 0 Å². The molecule has 0 aromatic heterocycles. The van der Waals surface area contributed by atoms with E-state index in [9.17, 15) is 19.8 Å². The average Bonchev–Trinajstić information content (AvgIpc) is 2.98. The molecule has 2 N–H and O–H groups in total. The molecular formula is C23H34O6. The van der Waals surface area contributed by atoms with Crippen molar-refractivity contribution in [2.75, 3.05) is 13.2 Å². The van der Waals surface area contributed by atoms with Crippen LogP contribution < -0.4 is 0 Å². The van der Waals surface area contributed by atoms with Gasteiger partial charge in [-0.05, 0) is 79.1 Å². The predicted molar refractivity (Wildman–Crippen MR) is 106 cm³/mol. The van der Waals surface area contributed by atoms with Crippen LogP contribution in [0.25, 0.3) is 0 Å². The molecule has 0 radical (unpaired) electrons. The number of fused-ring (bicyclic) bond motifs is 2. The van der Waals surface area contributed by atoms with Crippen molar-refractivity contribution in [3.05, 3.63) is 11.6 Å². The van der Waals surface area contributed by atoms with Crippen LogP contribution in [-0.2, 0) is 19.1 Å². The molecule has 4 rings (SSSR count). The van der Waals surface area contributed by atoms with Crippen LogP contribution >= 0.6 is 0 Å². The molecule has 0 amide bonds. The minimum absolute atomic E-state index is 0.0692. The summed E-state index contributed by atoms with van der Waals surface area (Å²) in [5.74, 6) is 0.280. The van der Waals surface area contributed by atoms with E-state index in [1.54, 1.807) is 0 Å². The lowest BCUT2D eigenvalue weighted by atomic mass is 9.43. The molecule has 6 heteroatoms.